The fourth-order valence-corrected chi connectivity index (χ4v) is 4.36. The number of aliphatic hydroxyl groups is 1. The summed E-state index contributed by atoms with van der Waals surface area (Å²) in [7, 11) is 0. The molecule has 0 amide bonds. The summed E-state index contributed by atoms with van der Waals surface area (Å²) in [6, 6.07) is 10.6. The molecule has 15 heteroatoms. The first-order valence-corrected chi connectivity index (χ1v) is 13.7. The van der Waals surface area contributed by atoms with Crippen molar-refractivity contribution >= 4 is 22.4 Å². The van der Waals surface area contributed by atoms with Gasteiger partial charge in [-0.2, -0.15) is 18.3 Å². The van der Waals surface area contributed by atoms with Gasteiger partial charge < -0.3 is 24.6 Å². The summed E-state index contributed by atoms with van der Waals surface area (Å²) < 4.78 is 85.7. The molecule has 5 rings (SSSR count). The first-order valence-electron chi connectivity index (χ1n) is 13.7. The number of alkyl halides is 3. The van der Waals surface area contributed by atoms with E-state index in [4.69, 9.17) is 14.2 Å². The molecule has 2 N–H and O–H groups in total. The number of benzene rings is 2. The number of hydrogen-bond donors (Lipinski definition) is 2. The molecule has 0 aliphatic carbocycles. The molecule has 3 heterocycles. The van der Waals surface area contributed by atoms with E-state index in [-0.39, 0.29) is 72.2 Å². The summed E-state index contributed by atoms with van der Waals surface area (Å²) in [5, 5.41) is 17.3. The van der Waals surface area contributed by atoms with E-state index >= 15 is 0 Å². The fourth-order valence-electron chi connectivity index (χ4n) is 4.36. The number of nitrogens with one attached hydrogen (secondary N) is 1. The lowest BCUT2D eigenvalue weighted by molar-refractivity contribution is -0.153. The van der Waals surface area contributed by atoms with E-state index in [1.165, 1.54) is 23.1 Å². The molecule has 236 valence electrons. The van der Waals surface area contributed by atoms with Crippen LogP contribution < -0.4 is 19.5 Å². The zero-order valence-electron chi connectivity index (χ0n) is 23.8. The highest BCUT2D eigenvalue weighted by molar-refractivity contribution is 5.92. The van der Waals surface area contributed by atoms with Crippen LogP contribution in [0.3, 0.4) is 0 Å². The van der Waals surface area contributed by atoms with Gasteiger partial charge in [0.1, 0.15) is 23.1 Å². The molecule has 45 heavy (non-hydrogen) atoms. The average molecular weight is 631 g/mol. The monoisotopic (exact) mass is 630 g/mol. The van der Waals surface area contributed by atoms with Crippen LogP contribution in [0.25, 0.3) is 22.4 Å². The fraction of sp³-hybridized carbons (Fsp3) is 0.267. The van der Waals surface area contributed by atoms with Crippen LogP contribution in [0.1, 0.15) is 18.9 Å². The highest BCUT2D eigenvalue weighted by atomic mass is 19.4. The Balaban J connectivity index is 1.54. The molecule has 0 unspecified atom stereocenters. The van der Waals surface area contributed by atoms with Crippen LogP contribution in [0.2, 0.25) is 0 Å². The molecule has 0 aliphatic rings. The topological polar surface area (TPSA) is 116 Å². The van der Waals surface area contributed by atoms with Crippen molar-refractivity contribution in [3.8, 4) is 28.8 Å². The number of halogens is 5. The summed E-state index contributed by atoms with van der Waals surface area (Å²) in [5.41, 5.74) is 0.699. The number of fused-ring (bicyclic) bond motifs is 1. The van der Waals surface area contributed by atoms with E-state index in [0.717, 1.165) is 18.3 Å². The van der Waals surface area contributed by atoms with E-state index in [2.05, 4.69) is 25.4 Å². The van der Waals surface area contributed by atoms with Crippen molar-refractivity contribution in [3.63, 3.8) is 0 Å². The van der Waals surface area contributed by atoms with E-state index in [1.807, 2.05) is 0 Å². The van der Waals surface area contributed by atoms with Crippen molar-refractivity contribution in [2.45, 2.75) is 26.1 Å². The molecule has 0 atom stereocenters. The Morgan fingerprint density at radius 1 is 0.978 bits per heavy atom. The number of anilines is 2. The number of rotatable bonds is 13. The second-order valence-electron chi connectivity index (χ2n) is 9.55. The maximum atomic E-state index is 14.9. The molecule has 0 bridgehead atoms. The smallest absolute Gasteiger partial charge is 0.422 e. The minimum atomic E-state index is -4.58. The summed E-state index contributed by atoms with van der Waals surface area (Å²) in [4.78, 5) is 12.8. The summed E-state index contributed by atoms with van der Waals surface area (Å²) >= 11 is 0. The van der Waals surface area contributed by atoms with Crippen molar-refractivity contribution in [1.29, 1.82) is 0 Å². The zero-order valence-corrected chi connectivity index (χ0v) is 23.8. The third-order valence-corrected chi connectivity index (χ3v) is 6.35. The zero-order chi connectivity index (χ0) is 32.0. The highest BCUT2D eigenvalue weighted by Crippen LogP contribution is 2.34. The lowest BCUT2D eigenvalue weighted by Gasteiger charge is -2.16. The van der Waals surface area contributed by atoms with Crippen LogP contribution in [0.15, 0.2) is 61.1 Å². The Labute approximate surface area is 253 Å². The van der Waals surface area contributed by atoms with Gasteiger partial charge in [-0.15, -0.1) is 0 Å². The Hall–Kier alpha value is -5.05. The molecule has 10 nitrogen and oxygen atoms in total. The minimum Gasteiger partial charge on any atom is -0.494 e. The SMILES string of the molecule is CCOc1cc(F)c(Cn2nc(-c3ncc(OCCCO)c(Nc4ccncc4OCC(F)(F)F)n3)c3ccccc32)c(F)c1. The average Bonchev–Trinajstić information content (AvgIpc) is 3.37. The third kappa shape index (κ3) is 7.55. The number of aliphatic hydroxyl groups excluding tert-OH is 1. The van der Waals surface area contributed by atoms with Crippen LogP contribution in [0, 0.1) is 11.6 Å². The van der Waals surface area contributed by atoms with Gasteiger partial charge in [0.25, 0.3) is 0 Å². The number of pyridine rings is 1. The van der Waals surface area contributed by atoms with E-state index in [0.29, 0.717) is 17.3 Å². The number of ether oxygens (including phenoxy) is 3. The molecular weight excluding hydrogens is 603 g/mol. The van der Waals surface area contributed by atoms with E-state index in [1.54, 1.807) is 31.2 Å². The van der Waals surface area contributed by atoms with Crippen LogP contribution in [0.4, 0.5) is 33.5 Å². The number of para-hydroxylation sites is 1. The van der Waals surface area contributed by atoms with Gasteiger partial charge in [-0.3, -0.25) is 9.67 Å². The lowest BCUT2D eigenvalue weighted by Crippen LogP contribution is -2.19. The van der Waals surface area contributed by atoms with Gasteiger partial charge in [0.15, 0.2) is 29.7 Å². The van der Waals surface area contributed by atoms with Crippen molar-refractivity contribution in [1.82, 2.24) is 24.7 Å². The predicted molar refractivity (Wildman–Crippen MR) is 154 cm³/mol. The molecule has 0 radical (unpaired) electrons. The van der Waals surface area contributed by atoms with Gasteiger partial charge in [-0.05, 0) is 19.1 Å². The van der Waals surface area contributed by atoms with Crippen LogP contribution >= 0.6 is 0 Å². The number of hydrogen-bond acceptors (Lipinski definition) is 9. The molecule has 2 aromatic carbocycles. The summed E-state index contributed by atoms with van der Waals surface area (Å²) in [6.07, 6.45) is -0.462. The number of aromatic nitrogens is 5. The van der Waals surface area contributed by atoms with Gasteiger partial charge in [-0.1, -0.05) is 18.2 Å². The van der Waals surface area contributed by atoms with Crippen LogP contribution in [-0.2, 0) is 6.54 Å². The summed E-state index contributed by atoms with van der Waals surface area (Å²) in [5.74, 6) is -1.44. The van der Waals surface area contributed by atoms with Crippen molar-refractivity contribution in [2.75, 3.05) is 31.7 Å². The molecule has 0 saturated carbocycles. The van der Waals surface area contributed by atoms with Crippen LogP contribution in [-0.4, -0.2) is 62.4 Å². The minimum absolute atomic E-state index is 0.0585. The van der Waals surface area contributed by atoms with Gasteiger partial charge in [0.2, 0.25) is 0 Å². The summed E-state index contributed by atoms with van der Waals surface area (Å²) in [6.45, 7) is 0.112. The molecule has 0 saturated heterocycles. The molecular formula is C30H27F5N6O4. The van der Waals surface area contributed by atoms with Crippen LogP contribution in [0.5, 0.6) is 17.2 Å². The first kappa shape index (κ1) is 31.4. The Morgan fingerprint density at radius 2 is 1.76 bits per heavy atom. The quantitative estimate of drug-likeness (QED) is 0.118. The standard InChI is InChI=1S/C30H27F5N6O4/c1-2-43-18-12-21(31)20(22(32)13-18)16-41-24-7-4-3-6-19(24)27(40-41)29-37-15-26(44-11-5-10-42)28(39-29)38-23-8-9-36-14-25(23)45-17-30(33,34)35/h3-4,6-9,12-15,42H,2,5,10-11,16-17H2,1H3,(H,36,37,38,39). The third-order valence-electron chi connectivity index (χ3n) is 6.35. The van der Waals surface area contributed by atoms with Crippen molar-refractivity contribution < 1.29 is 41.3 Å². The van der Waals surface area contributed by atoms with Crippen molar-refractivity contribution in [2.24, 2.45) is 0 Å². The normalized spacial score (nSPS) is 11.5. The first-order chi connectivity index (χ1) is 21.7. The second-order valence-corrected chi connectivity index (χ2v) is 9.55. The predicted octanol–water partition coefficient (Wildman–Crippen LogP) is 6.06. The largest absolute Gasteiger partial charge is 0.494 e. The van der Waals surface area contributed by atoms with E-state index in [9.17, 15) is 27.1 Å². The van der Waals surface area contributed by atoms with Crippen molar-refractivity contribution in [3.05, 3.63) is 78.3 Å². The molecule has 5 aromatic rings. The lowest BCUT2D eigenvalue weighted by atomic mass is 10.1. The molecule has 0 fully saturated rings. The Bertz CT molecular complexity index is 1760. The Kier molecular flexibility index (Phi) is 9.56. The number of nitrogens with zero attached hydrogens (tertiary/aromatic N) is 5. The maximum Gasteiger partial charge on any atom is 0.422 e. The molecule has 0 aliphatic heterocycles. The van der Waals surface area contributed by atoms with Gasteiger partial charge in [-0.25, -0.2) is 18.7 Å². The molecule has 0 spiro atoms. The highest BCUT2D eigenvalue weighted by Gasteiger charge is 2.29. The molecule has 3 aromatic heterocycles. The van der Waals surface area contributed by atoms with E-state index < -0.39 is 24.4 Å². The Morgan fingerprint density at radius 3 is 2.49 bits per heavy atom. The van der Waals surface area contributed by atoms with Gasteiger partial charge in [0.05, 0.1) is 43.4 Å². The maximum absolute atomic E-state index is 14.9. The van der Waals surface area contributed by atoms with Gasteiger partial charge in [0, 0.05) is 42.3 Å². The van der Waals surface area contributed by atoms with Gasteiger partial charge >= 0.3 is 6.18 Å². The second kappa shape index (κ2) is 13.7.